The normalized spacial score (nSPS) is 11.2. The standard InChI is InChI=1S/2C27H33P.Ag/c2*1-16-10-19(4)25(20(5)11-16)28(26-21(6)12-17(2)13-22(26)7)27-23(8)14-18(3)15-24(27)9;/h2*10-15H,1-9H3;/q;;+1. The molecule has 0 atom stereocenters. The Balaban J connectivity index is 0.000000248. The summed E-state index contributed by atoms with van der Waals surface area (Å²) in [4.78, 5) is 0. The first-order chi connectivity index (χ1) is 26.2. The van der Waals surface area contributed by atoms with Crippen molar-refractivity contribution in [3.63, 3.8) is 0 Å². The zero-order chi connectivity index (χ0) is 41.5. The van der Waals surface area contributed by atoms with Gasteiger partial charge in [-0.25, -0.2) is 0 Å². The van der Waals surface area contributed by atoms with Crippen LogP contribution < -0.4 is 31.8 Å². The maximum Gasteiger partial charge on any atom is 1.00 e. The van der Waals surface area contributed by atoms with E-state index in [2.05, 4.69) is 197 Å². The molecule has 0 aliphatic carbocycles. The number of hydrogen-bond acceptors (Lipinski definition) is 0. The molecule has 0 saturated carbocycles. The minimum Gasteiger partial charge on any atom is -0.0557 e. The Hall–Kier alpha value is -3.08. The van der Waals surface area contributed by atoms with Crippen molar-refractivity contribution in [2.75, 3.05) is 0 Å². The van der Waals surface area contributed by atoms with Crippen molar-refractivity contribution in [3.8, 4) is 0 Å². The molecule has 0 fully saturated rings. The Bertz CT molecular complexity index is 1880. The molecule has 0 unspecified atom stereocenters. The quantitative estimate of drug-likeness (QED) is 0.115. The summed E-state index contributed by atoms with van der Waals surface area (Å²) in [5, 5.41) is 9.20. The van der Waals surface area contributed by atoms with Gasteiger partial charge in [-0.15, -0.1) is 0 Å². The van der Waals surface area contributed by atoms with Crippen LogP contribution in [0.15, 0.2) is 72.8 Å². The molecule has 0 nitrogen and oxygen atoms in total. The van der Waals surface area contributed by atoms with Gasteiger partial charge < -0.3 is 0 Å². The molecule has 57 heavy (non-hydrogen) atoms. The van der Waals surface area contributed by atoms with E-state index in [9.17, 15) is 0 Å². The van der Waals surface area contributed by atoms with Crippen LogP contribution in [-0.2, 0) is 22.4 Å². The molecule has 0 aromatic heterocycles. The summed E-state index contributed by atoms with van der Waals surface area (Å²) in [5.41, 5.74) is 25.1. The Morgan fingerprint density at radius 2 is 0.281 bits per heavy atom. The fraction of sp³-hybridized carbons (Fsp3) is 0.333. The Labute approximate surface area is 365 Å². The minimum atomic E-state index is -0.608. The molecule has 0 N–H and O–H groups in total. The zero-order valence-electron chi connectivity index (χ0n) is 38.1. The summed E-state index contributed by atoms with van der Waals surface area (Å²) in [7, 11) is -1.22. The van der Waals surface area contributed by atoms with Crippen molar-refractivity contribution < 1.29 is 22.4 Å². The van der Waals surface area contributed by atoms with Crippen LogP contribution in [0.4, 0.5) is 0 Å². The van der Waals surface area contributed by atoms with Gasteiger partial charge in [-0.1, -0.05) is 106 Å². The van der Waals surface area contributed by atoms with E-state index in [4.69, 9.17) is 0 Å². The Morgan fingerprint density at radius 3 is 0.368 bits per heavy atom. The molecule has 6 rings (SSSR count). The molecule has 0 bridgehead atoms. The average molecular weight is 885 g/mol. The van der Waals surface area contributed by atoms with Crippen molar-refractivity contribution in [1.29, 1.82) is 0 Å². The first-order valence-corrected chi connectivity index (χ1v) is 23.0. The third kappa shape index (κ3) is 10.0. The van der Waals surface area contributed by atoms with Crippen LogP contribution in [-0.4, -0.2) is 0 Å². The number of hydrogen-bond donors (Lipinski definition) is 0. The molecular formula is C54H66AgP2+. The molecule has 0 amide bonds. The fourth-order valence-electron chi connectivity index (χ4n) is 9.82. The van der Waals surface area contributed by atoms with Gasteiger partial charge in [-0.2, -0.15) is 0 Å². The molecule has 0 saturated heterocycles. The fourth-order valence-corrected chi connectivity index (χ4v) is 16.2. The van der Waals surface area contributed by atoms with Crippen molar-refractivity contribution in [1.82, 2.24) is 0 Å². The monoisotopic (exact) mass is 883 g/mol. The van der Waals surface area contributed by atoms with Gasteiger partial charge in [0.2, 0.25) is 0 Å². The SMILES string of the molecule is Cc1cc(C)c(P(c2c(C)cc(C)cc2C)c2c(C)cc(C)cc2C)c(C)c1.Cc1cc(C)c(P(c2c(C)cc(C)cc2C)c2c(C)cc(C)cc2C)c(C)c1.[Ag+]. The van der Waals surface area contributed by atoms with Crippen LogP contribution in [0.25, 0.3) is 0 Å². The van der Waals surface area contributed by atoms with Crippen LogP contribution in [0.1, 0.15) is 100 Å². The maximum absolute atomic E-state index is 2.36. The van der Waals surface area contributed by atoms with E-state index in [1.54, 1.807) is 0 Å². The summed E-state index contributed by atoms with van der Waals surface area (Å²) in [6, 6.07) is 28.3. The van der Waals surface area contributed by atoms with Crippen molar-refractivity contribution >= 4 is 47.7 Å². The summed E-state index contributed by atoms with van der Waals surface area (Å²) < 4.78 is 0. The largest absolute Gasteiger partial charge is 1.00 e. The van der Waals surface area contributed by atoms with E-state index in [0.717, 1.165) is 0 Å². The summed E-state index contributed by atoms with van der Waals surface area (Å²) in [6.45, 7) is 40.8. The van der Waals surface area contributed by atoms with E-state index in [0.29, 0.717) is 0 Å². The molecule has 6 aromatic carbocycles. The number of aryl methyl sites for hydroxylation is 18. The van der Waals surface area contributed by atoms with Gasteiger partial charge in [-0.05, 0) is 239 Å². The van der Waals surface area contributed by atoms with Crippen molar-refractivity contribution in [2.24, 2.45) is 0 Å². The summed E-state index contributed by atoms with van der Waals surface area (Å²) >= 11 is 0. The Morgan fingerprint density at radius 1 is 0.193 bits per heavy atom. The van der Waals surface area contributed by atoms with E-state index >= 15 is 0 Å². The van der Waals surface area contributed by atoms with Gasteiger partial charge in [0.25, 0.3) is 0 Å². The van der Waals surface area contributed by atoms with E-state index < -0.39 is 15.8 Å². The number of rotatable bonds is 6. The van der Waals surface area contributed by atoms with Crippen LogP contribution in [0, 0.1) is 125 Å². The molecule has 302 valence electrons. The first kappa shape index (κ1) is 46.6. The third-order valence-electron chi connectivity index (χ3n) is 11.2. The van der Waals surface area contributed by atoms with Gasteiger partial charge in [0.1, 0.15) is 0 Å². The molecule has 0 aliphatic heterocycles. The molecule has 0 aliphatic rings. The molecule has 0 spiro atoms. The molecule has 0 radical (unpaired) electrons. The topological polar surface area (TPSA) is 0 Å². The molecule has 3 heteroatoms. The van der Waals surface area contributed by atoms with E-state index in [1.165, 1.54) is 132 Å². The zero-order valence-corrected chi connectivity index (χ0v) is 41.4. The van der Waals surface area contributed by atoms with Crippen LogP contribution in [0.3, 0.4) is 0 Å². The Kier molecular flexibility index (Phi) is 15.4. The minimum absolute atomic E-state index is 0. The van der Waals surface area contributed by atoms with E-state index in [-0.39, 0.29) is 22.4 Å². The molecule has 0 heterocycles. The van der Waals surface area contributed by atoms with Gasteiger partial charge >= 0.3 is 22.4 Å². The van der Waals surface area contributed by atoms with Gasteiger partial charge in [0.05, 0.1) is 0 Å². The van der Waals surface area contributed by atoms with Gasteiger partial charge in [-0.3, -0.25) is 0 Å². The predicted octanol–water partition coefficient (Wildman–Crippen LogP) is 12.4. The second-order valence-corrected chi connectivity index (χ2v) is 21.2. The van der Waals surface area contributed by atoms with Crippen LogP contribution in [0.2, 0.25) is 0 Å². The summed E-state index contributed by atoms with van der Waals surface area (Å²) in [6.07, 6.45) is 0. The van der Waals surface area contributed by atoms with Crippen molar-refractivity contribution in [3.05, 3.63) is 173 Å². The predicted molar refractivity (Wildman–Crippen MR) is 256 cm³/mol. The van der Waals surface area contributed by atoms with Crippen molar-refractivity contribution in [2.45, 2.75) is 125 Å². The average Bonchev–Trinajstić information content (AvgIpc) is 3.02. The second kappa shape index (κ2) is 18.9. The first-order valence-electron chi connectivity index (χ1n) is 20.3. The van der Waals surface area contributed by atoms with E-state index in [1.807, 2.05) is 0 Å². The second-order valence-electron chi connectivity index (χ2n) is 17.2. The molecular weight excluding hydrogens is 818 g/mol. The van der Waals surface area contributed by atoms with Gasteiger partial charge in [0, 0.05) is 0 Å². The molecule has 6 aromatic rings. The maximum atomic E-state index is 2.36. The van der Waals surface area contributed by atoms with Gasteiger partial charge in [0.15, 0.2) is 0 Å². The van der Waals surface area contributed by atoms with Crippen LogP contribution >= 0.6 is 15.8 Å². The number of benzene rings is 6. The van der Waals surface area contributed by atoms with Crippen LogP contribution in [0.5, 0.6) is 0 Å². The smallest absolute Gasteiger partial charge is 0.0557 e. The third-order valence-corrected chi connectivity index (χ3v) is 18.1. The summed E-state index contributed by atoms with van der Waals surface area (Å²) in [5.74, 6) is 0.